The molecule has 13 heavy (non-hydrogen) atoms. The van der Waals surface area contributed by atoms with Crippen LogP contribution in [0.4, 0.5) is 4.79 Å². The van der Waals surface area contributed by atoms with Gasteiger partial charge < -0.3 is 15.0 Å². The molecule has 1 amide bonds. The largest absolute Gasteiger partial charge is 0.441 e. The molecule has 2 aliphatic heterocycles. The number of alkyl carbamates (subject to hydrolysis) is 1. The van der Waals surface area contributed by atoms with E-state index in [-0.39, 0.29) is 11.7 Å². The third kappa shape index (κ3) is 1.39. The highest BCUT2D eigenvalue weighted by molar-refractivity contribution is 5.70. The summed E-state index contributed by atoms with van der Waals surface area (Å²) in [7, 11) is 2.10. The van der Waals surface area contributed by atoms with Gasteiger partial charge in [-0.2, -0.15) is 0 Å². The van der Waals surface area contributed by atoms with Gasteiger partial charge in [-0.15, -0.1) is 0 Å². The number of hydrogen-bond donors (Lipinski definition) is 1. The van der Waals surface area contributed by atoms with Crippen LogP contribution in [0.25, 0.3) is 0 Å². The maximum atomic E-state index is 11.0. The Morgan fingerprint density at radius 1 is 1.69 bits per heavy atom. The van der Waals surface area contributed by atoms with Crippen molar-refractivity contribution in [3.8, 4) is 0 Å². The number of amides is 1. The molecule has 2 rings (SSSR count). The van der Waals surface area contributed by atoms with Crippen LogP contribution in [0.5, 0.6) is 0 Å². The monoisotopic (exact) mass is 184 g/mol. The Labute approximate surface area is 78.2 Å². The number of carbonyl (C=O) groups is 1. The maximum absolute atomic E-state index is 11.0. The summed E-state index contributed by atoms with van der Waals surface area (Å²) in [6, 6.07) is 0. The fourth-order valence-electron chi connectivity index (χ4n) is 2.24. The first kappa shape index (κ1) is 8.81. The first-order valence-electron chi connectivity index (χ1n) is 4.78. The van der Waals surface area contributed by atoms with E-state index in [1.807, 2.05) is 0 Å². The summed E-state index contributed by atoms with van der Waals surface area (Å²) < 4.78 is 5.37. The lowest BCUT2D eigenvalue weighted by Gasteiger charge is -2.40. The molecule has 1 N–H and O–H groups in total. The van der Waals surface area contributed by atoms with Gasteiger partial charge in [0.15, 0.2) is 0 Å². The molecule has 2 aliphatic rings. The van der Waals surface area contributed by atoms with Gasteiger partial charge in [-0.1, -0.05) is 6.92 Å². The Bertz CT molecular complexity index is 232. The zero-order valence-electron chi connectivity index (χ0n) is 8.17. The number of nitrogens with one attached hydrogen (secondary N) is 1. The molecule has 2 fully saturated rings. The van der Waals surface area contributed by atoms with Crippen LogP contribution in [0.1, 0.15) is 13.3 Å². The molecule has 0 aromatic carbocycles. The van der Waals surface area contributed by atoms with Crippen LogP contribution in [-0.4, -0.2) is 43.3 Å². The van der Waals surface area contributed by atoms with E-state index in [4.69, 9.17) is 4.74 Å². The Balaban J connectivity index is 2.10. The molecule has 0 radical (unpaired) electrons. The Morgan fingerprint density at radius 3 is 3.00 bits per heavy atom. The lowest BCUT2D eigenvalue weighted by Crippen LogP contribution is -2.51. The number of carbonyl (C=O) groups excluding carboxylic acids is 1. The van der Waals surface area contributed by atoms with E-state index in [1.165, 1.54) is 0 Å². The highest BCUT2D eigenvalue weighted by Gasteiger charge is 2.47. The fourth-order valence-corrected chi connectivity index (χ4v) is 2.24. The molecular formula is C9H16N2O2. The van der Waals surface area contributed by atoms with Gasteiger partial charge in [-0.05, 0) is 7.05 Å². The van der Waals surface area contributed by atoms with Gasteiger partial charge in [0.2, 0.25) is 0 Å². The second-order valence-corrected chi connectivity index (χ2v) is 4.22. The second-order valence-electron chi connectivity index (χ2n) is 4.22. The van der Waals surface area contributed by atoms with Gasteiger partial charge in [-0.25, -0.2) is 4.79 Å². The van der Waals surface area contributed by atoms with E-state index in [0.29, 0.717) is 12.5 Å². The Hall–Kier alpha value is -0.770. The molecule has 2 unspecified atom stereocenters. The Kier molecular flexibility index (Phi) is 1.95. The first-order chi connectivity index (χ1) is 6.12. The number of hydrogen-bond acceptors (Lipinski definition) is 3. The maximum Gasteiger partial charge on any atom is 0.407 e. The van der Waals surface area contributed by atoms with Gasteiger partial charge in [-0.3, -0.25) is 0 Å². The van der Waals surface area contributed by atoms with Crippen LogP contribution in [0, 0.1) is 5.92 Å². The van der Waals surface area contributed by atoms with E-state index in [2.05, 4.69) is 24.2 Å². The zero-order valence-corrected chi connectivity index (χ0v) is 8.17. The van der Waals surface area contributed by atoms with E-state index < -0.39 is 0 Å². The number of ether oxygens (including phenoxy) is 1. The zero-order chi connectivity index (χ0) is 9.47. The van der Waals surface area contributed by atoms with Crippen molar-refractivity contribution in [2.75, 3.05) is 26.7 Å². The number of likely N-dealkylation sites (tertiary alicyclic amines) is 1. The summed E-state index contributed by atoms with van der Waals surface area (Å²) in [5.41, 5.74) is -0.219. The molecule has 2 saturated heterocycles. The van der Waals surface area contributed by atoms with Crippen LogP contribution < -0.4 is 5.32 Å². The quantitative estimate of drug-likeness (QED) is 0.594. The fraction of sp³-hybridized carbons (Fsp3) is 0.889. The predicted octanol–water partition coefficient (Wildman–Crippen LogP) is 0.437. The molecule has 1 spiro atoms. The van der Waals surface area contributed by atoms with Crippen molar-refractivity contribution in [1.82, 2.24) is 10.2 Å². The number of piperidine rings is 1. The number of nitrogens with zero attached hydrogens (tertiary/aromatic N) is 1. The SMILES string of the molecule is CC1CN(C)CCC12CNC(=O)O2. The van der Waals surface area contributed by atoms with Gasteiger partial charge in [0, 0.05) is 25.4 Å². The van der Waals surface area contributed by atoms with Crippen LogP contribution in [0.3, 0.4) is 0 Å². The minimum absolute atomic E-state index is 0.219. The van der Waals surface area contributed by atoms with Crippen molar-refractivity contribution >= 4 is 6.09 Å². The van der Waals surface area contributed by atoms with Crippen molar-refractivity contribution in [1.29, 1.82) is 0 Å². The highest BCUT2D eigenvalue weighted by atomic mass is 16.6. The van der Waals surface area contributed by atoms with Gasteiger partial charge >= 0.3 is 6.09 Å². The van der Waals surface area contributed by atoms with Crippen molar-refractivity contribution < 1.29 is 9.53 Å². The predicted molar refractivity (Wildman–Crippen MR) is 48.5 cm³/mol. The van der Waals surface area contributed by atoms with Crippen LogP contribution in [0.2, 0.25) is 0 Å². The third-order valence-electron chi connectivity index (χ3n) is 3.23. The summed E-state index contributed by atoms with van der Waals surface area (Å²) in [5, 5.41) is 2.75. The minimum Gasteiger partial charge on any atom is -0.441 e. The van der Waals surface area contributed by atoms with E-state index in [1.54, 1.807) is 0 Å². The molecule has 2 heterocycles. The summed E-state index contributed by atoms with van der Waals surface area (Å²) >= 11 is 0. The smallest absolute Gasteiger partial charge is 0.407 e. The lowest BCUT2D eigenvalue weighted by atomic mass is 9.82. The molecule has 0 aromatic heterocycles. The summed E-state index contributed by atoms with van der Waals surface area (Å²) in [5.74, 6) is 0.421. The third-order valence-corrected chi connectivity index (χ3v) is 3.23. The summed E-state index contributed by atoms with van der Waals surface area (Å²) in [6.45, 7) is 4.85. The highest BCUT2D eigenvalue weighted by Crippen LogP contribution is 2.33. The Morgan fingerprint density at radius 2 is 2.46 bits per heavy atom. The summed E-state index contributed by atoms with van der Waals surface area (Å²) in [4.78, 5) is 13.3. The van der Waals surface area contributed by atoms with Crippen molar-refractivity contribution in [3.05, 3.63) is 0 Å². The van der Waals surface area contributed by atoms with Gasteiger partial charge in [0.05, 0.1) is 6.54 Å². The van der Waals surface area contributed by atoms with E-state index in [0.717, 1.165) is 19.5 Å². The van der Waals surface area contributed by atoms with E-state index >= 15 is 0 Å². The molecule has 2 atom stereocenters. The normalized spacial score (nSPS) is 40.5. The molecule has 0 saturated carbocycles. The molecule has 4 heteroatoms. The van der Waals surface area contributed by atoms with Crippen LogP contribution >= 0.6 is 0 Å². The molecule has 0 aliphatic carbocycles. The van der Waals surface area contributed by atoms with Crippen molar-refractivity contribution in [3.63, 3.8) is 0 Å². The molecule has 0 aromatic rings. The lowest BCUT2D eigenvalue weighted by molar-refractivity contribution is -0.0355. The van der Waals surface area contributed by atoms with Gasteiger partial charge in [0.25, 0.3) is 0 Å². The molecular weight excluding hydrogens is 168 g/mol. The van der Waals surface area contributed by atoms with Crippen LogP contribution in [-0.2, 0) is 4.74 Å². The van der Waals surface area contributed by atoms with Crippen LogP contribution in [0.15, 0.2) is 0 Å². The average molecular weight is 184 g/mol. The second kappa shape index (κ2) is 2.87. The standard InChI is InChI=1S/C9H16N2O2/c1-7-5-11(2)4-3-9(7)6-10-8(12)13-9/h7H,3-6H2,1-2H3,(H,10,12). The average Bonchev–Trinajstić information content (AvgIpc) is 2.43. The molecule has 0 bridgehead atoms. The topological polar surface area (TPSA) is 41.6 Å². The van der Waals surface area contributed by atoms with Gasteiger partial charge in [0.1, 0.15) is 5.60 Å². The molecule has 4 nitrogen and oxygen atoms in total. The first-order valence-corrected chi connectivity index (χ1v) is 4.78. The molecule has 74 valence electrons. The van der Waals surface area contributed by atoms with E-state index in [9.17, 15) is 4.79 Å². The summed E-state index contributed by atoms with van der Waals surface area (Å²) in [6.07, 6.45) is 0.694. The minimum atomic E-state index is -0.253. The van der Waals surface area contributed by atoms with Crippen molar-refractivity contribution in [2.45, 2.75) is 18.9 Å². The number of rotatable bonds is 0. The van der Waals surface area contributed by atoms with Crippen molar-refractivity contribution in [2.24, 2.45) is 5.92 Å².